The van der Waals surface area contributed by atoms with Gasteiger partial charge in [-0.3, -0.25) is 14.6 Å². The molecule has 0 aromatic carbocycles. The highest BCUT2D eigenvalue weighted by Gasteiger charge is 2.50. The van der Waals surface area contributed by atoms with Crippen molar-refractivity contribution in [2.45, 2.75) is 45.1 Å². The first-order chi connectivity index (χ1) is 16.5. The summed E-state index contributed by atoms with van der Waals surface area (Å²) < 4.78 is 1.63. The van der Waals surface area contributed by atoms with Crippen molar-refractivity contribution in [3.05, 3.63) is 65.7 Å². The SMILES string of the molecule is CN(Cc1ccccn1)C(=O)c1cc2c(C(=O)NCC34CC5CC(CC(C5)C3)C4)cccn2n1. The predicted octanol–water partition coefficient (Wildman–Crippen LogP) is 3.95. The standard InChI is InChI=1S/C27H31N5O2/c1-31(16-21-5-2-3-7-28-21)26(34)23-12-24-22(6-4-8-32(24)30-23)25(33)29-17-27-13-18-9-19(14-27)11-20(10-18)15-27/h2-8,12,18-20H,9-11,13-17H2,1H3,(H,29,33). The zero-order valence-corrected chi connectivity index (χ0v) is 19.6. The van der Waals surface area contributed by atoms with Gasteiger partial charge in [0.1, 0.15) is 0 Å². The largest absolute Gasteiger partial charge is 0.351 e. The highest BCUT2D eigenvalue weighted by molar-refractivity contribution is 6.02. The summed E-state index contributed by atoms with van der Waals surface area (Å²) in [5, 5.41) is 7.72. The summed E-state index contributed by atoms with van der Waals surface area (Å²) in [5.74, 6) is 2.30. The van der Waals surface area contributed by atoms with E-state index in [-0.39, 0.29) is 17.2 Å². The maximum Gasteiger partial charge on any atom is 0.274 e. The quantitative estimate of drug-likeness (QED) is 0.608. The maximum absolute atomic E-state index is 13.3. The number of hydrogen-bond acceptors (Lipinski definition) is 4. The van der Waals surface area contributed by atoms with Crippen LogP contribution in [0, 0.1) is 23.2 Å². The highest BCUT2D eigenvalue weighted by atomic mass is 16.2. The second-order valence-electron chi connectivity index (χ2n) is 10.9. The molecule has 3 aromatic heterocycles. The number of aromatic nitrogens is 3. The minimum atomic E-state index is -0.200. The number of carbonyl (C=O) groups excluding carboxylic acids is 2. The first-order valence-corrected chi connectivity index (χ1v) is 12.4. The number of pyridine rings is 2. The zero-order chi connectivity index (χ0) is 23.3. The van der Waals surface area contributed by atoms with Crippen molar-refractivity contribution in [1.82, 2.24) is 24.8 Å². The van der Waals surface area contributed by atoms with E-state index < -0.39 is 0 Å². The van der Waals surface area contributed by atoms with Crippen LogP contribution in [0.25, 0.3) is 5.52 Å². The summed E-state index contributed by atoms with van der Waals surface area (Å²) in [5.41, 5.74) is 2.63. The van der Waals surface area contributed by atoms with E-state index in [1.807, 2.05) is 30.3 Å². The van der Waals surface area contributed by atoms with Crippen molar-refractivity contribution in [2.24, 2.45) is 23.2 Å². The Hall–Kier alpha value is -3.22. The number of nitrogens with zero attached hydrogens (tertiary/aromatic N) is 4. The van der Waals surface area contributed by atoms with Crippen LogP contribution in [0.4, 0.5) is 0 Å². The van der Waals surface area contributed by atoms with Crippen LogP contribution < -0.4 is 5.32 Å². The van der Waals surface area contributed by atoms with Crippen molar-refractivity contribution >= 4 is 17.3 Å². The van der Waals surface area contributed by atoms with Gasteiger partial charge in [-0.1, -0.05) is 6.07 Å². The number of fused-ring (bicyclic) bond motifs is 1. The Bertz CT molecular complexity index is 1200. The van der Waals surface area contributed by atoms with Gasteiger partial charge in [0.2, 0.25) is 0 Å². The Balaban J connectivity index is 1.18. The third kappa shape index (κ3) is 3.87. The van der Waals surface area contributed by atoms with E-state index in [4.69, 9.17) is 0 Å². The van der Waals surface area contributed by atoms with Gasteiger partial charge in [-0.2, -0.15) is 5.10 Å². The van der Waals surface area contributed by atoms with Crippen molar-refractivity contribution < 1.29 is 9.59 Å². The Kier molecular flexibility index (Phi) is 5.15. The molecule has 4 saturated carbocycles. The fourth-order valence-electron chi connectivity index (χ4n) is 7.18. The molecule has 7 rings (SSSR count). The minimum absolute atomic E-state index is 0.0814. The van der Waals surface area contributed by atoms with E-state index in [1.54, 1.807) is 34.9 Å². The van der Waals surface area contributed by atoms with E-state index in [0.717, 1.165) is 30.0 Å². The second kappa shape index (κ2) is 8.22. The lowest BCUT2D eigenvalue weighted by molar-refractivity contribution is -0.0503. The van der Waals surface area contributed by atoms with Gasteiger partial charge in [-0.25, -0.2) is 4.52 Å². The van der Waals surface area contributed by atoms with Crippen molar-refractivity contribution in [3.8, 4) is 0 Å². The summed E-state index contributed by atoms with van der Waals surface area (Å²) >= 11 is 0. The lowest BCUT2D eigenvalue weighted by Gasteiger charge is -2.56. The van der Waals surface area contributed by atoms with Crippen LogP contribution in [0.3, 0.4) is 0 Å². The molecule has 34 heavy (non-hydrogen) atoms. The summed E-state index contributed by atoms with van der Waals surface area (Å²) in [6.07, 6.45) is 11.5. The minimum Gasteiger partial charge on any atom is -0.351 e. The third-order valence-corrected chi connectivity index (χ3v) is 8.23. The molecule has 0 saturated heterocycles. The van der Waals surface area contributed by atoms with Gasteiger partial charge in [0.15, 0.2) is 5.69 Å². The Morgan fingerprint density at radius 3 is 2.50 bits per heavy atom. The molecule has 4 bridgehead atoms. The molecule has 176 valence electrons. The van der Waals surface area contributed by atoms with Gasteiger partial charge in [0.25, 0.3) is 11.8 Å². The monoisotopic (exact) mass is 457 g/mol. The zero-order valence-electron chi connectivity index (χ0n) is 19.6. The Labute approximate surface area is 199 Å². The number of hydrogen-bond donors (Lipinski definition) is 1. The van der Waals surface area contributed by atoms with Gasteiger partial charge >= 0.3 is 0 Å². The van der Waals surface area contributed by atoms with Crippen LogP contribution in [-0.4, -0.2) is 44.9 Å². The van der Waals surface area contributed by atoms with Crippen LogP contribution >= 0.6 is 0 Å². The molecule has 0 atom stereocenters. The second-order valence-corrected chi connectivity index (χ2v) is 10.9. The molecular formula is C27H31N5O2. The van der Waals surface area contributed by atoms with Crippen LogP contribution in [-0.2, 0) is 6.54 Å². The molecule has 0 unspecified atom stereocenters. The summed E-state index contributed by atoms with van der Waals surface area (Å²) in [6.45, 7) is 1.15. The average molecular weight is 458 g/mol. The Morgan fingerprint density at radius 2 is 1.82 bits per heavy atom. The first kappa shape index (κ1) is 21.3. The lowest BCUT2D eigenvalue weighted by atomic mass is 9.49. The summed E-state index contributed by atoms with van der Waals surface area (Å²) in [6, 6.07) is 11.0. The molecule has 7 heteroatoms. The van der Waals surface area contributed by atoms with Gasteiger partial charge < -0.3 is 10.2 Å². The molecule has 3 heterocycles. The van der Waals surface area contributed by atoms with E-state index in [9.17, 15) is 9.59 Å². The number of amides is 2. The van der Waals surface area contributed by atoms with Crippen molar-refractivity contribution in [2.75, 3.05) is 13.6 Å². The van der Waals surface area contributed by atoms with Crippen molar-refractivity contribution in [1.29, 1.82) is 0 Å². The smallest absolute Gasteiger partial charge is 0.274 e. The normalized spacial score (nSPS) is 27.1. The molecule has 2 amide bonds. The molecule has 3 aromatic rings. The molecule has 0 radical (unpaired) electrons. The summed E-state index contributed by atoms with van der Waals surface area (Å²) in [7, 11) is 1.74. The lowest BCUT2D eigenvalue weighted by Crippen LogP contribution is -2.51. The average Bonchev–Trinajstić information content (AvgIpc) is 3.26. The highest BCUT2D eigenvalue weighted by Crippen LogP contribution is 2.59. The van der Waals surface area contributed by atoms with E-state index in [1.165, 1.54) is 38.5 Å². The predicted molar refractivity (Wildman–Crippen MR) is 128 cm³/mol. The van der Waals surface area contributed by atoms with Crippen LogP contribution in [0.5, 0.6) is 0 Å². The van der Waals surface area contributed by atoms with Crippen LogP contribution in [0.1, 0.15) is 65.1 Å². The number of rotatable bonds is 6. The van der Waals surface area contributed by atoms with Gasteiger partial charge in [0, 0.05) is 26.0 Å². The molecular weight excluding hydrogens is 426 g/mol. The molecule has 4 aliphatic carbocycles. The van der Waals surface area contributed by atoms with Crippen molar-refractivity contribution in [3.63, 3.8) is 0 Å². The molecule has 1 N–H and O–H groups in total. The third-order valence-electron chi connectivity index (χ3n) is 8.23. The molecule has 4 aliphatic rings. The fraction of sp³-hybridized carbons (Fsp3) is 0.481. The Morgan fingerprint density at radius 1 is 1.09 bits per heavy atom. The van der Waals surface area contributed by atoms with Gasteiger partial charge in [0.05, 0.1) is 23.3 Å². The number of carbonyl (C=O) groups is 2. The first-order valence-electron chi connectivity index (χ1n) is 12.4. The summed E-state index contributed by atoms with van der Waals surface area (Å²) in [4.78, 5) is 32.1. The number of nitrogens with one attached hydrogen (secondary N) is 1. The van der Waals surface area contributed by atoms with Crippen LogP contribution in [0.2, 0.25) is 0 Å². The van der Waals surface area contributed by atoms with E-state index >= 15 is 0 Å². The molecule has 4 fully saturated rings. The maximum atomic E-state index is 13.3. The van der Waals surface area contributed by atoms with Gasteiger partial charge in [-0.15, -0.1) is 0 Å². The fourth-order valence-corrected chi connectivity index (χ4v) is 7.18. The topological polar surface area (TPSA) is 79.6 Å². The van der Waals surface area contributed by atoms with Gasteiger partial charge in [-0.05, 0) is 92.0 Å². The molecule has 0 aliphatic heterocycles. The molecule has 0 spiro atoms. The van der Waals surface area contributed by atoms with E-state index in [0.29, 0.717) is 23.3 Å². The van der Waals surface area contributed by atoms with E-state index in [2.05, 4.69) is 15.4 Å². The molecule has 7 nitrogen and oxygen atoms in total. The van der Waals surface area contributed by atoms with Crippen LogP contribution in [0.15, 0.2) is 48.8 Å².